The monoisotopic (exact) mass is 270 g/mol. The number of thioether (sulfide) groups is 1. The molecular formula is C10H7ClN2O3S. The van der Waals surface area contributed by atoms with E-state index in [1.54, 1.807) is 6.07 Å². The van der Waals surface area contributed by atoms with E-state index in [4.69, 9.17) is 16.7 Å². The lowest BCUT2D eigenvalue weighted by Crippen LogP contribution is -2.19. The number of hydrogen-bond acceptors (Lipinski definition) is 4. The van der Waals surface area contributed by atoms with Crippen LogP contribution in [0.5, 0.6) is 0 Å². The minimum absolute atomic E-state index is 0.00625. The normalized spacial score (nSPS) is 17.2. The Balaban J connectivity index is 2.38. The number of carbonyl (C=O) groups excluding carboxylic acids is 1. The summed E-state index contributed by atoms with van der Waals surface area (Å²) in [4.78, 5) is 26.0. The second kappa shape index (κ2) is 4.77. The van der Waals surface area contributed by atoms with Crippen LogP contribution >= 0.6 is 23.4 Å². The molecule has 0 aromatic heterocycles. The van der Waals surface area contributed by atoms with Crippen molar-refractivity contribution < 1.29 is 14.7 Å². The lowest BCUT2D eigenvalue weighted by Gasteiger charge is -2.02. The Kier molecular flexibility index (Phi) is 3.35. The number of nitrogens with one attached hydrogen (secondary N) is 1. The first-order chi connectivity index (χ1) is 8.06. The van der Waals surface area contributed by atoms with Crippen LogP contribution in [-0.4, -0.2) is 27.9 Å². The molecule has 1 saturated heterocycles. The van der Waals surface area contributed by atoms with Crippen LogP contribution < -0.4 is 5.32 Å². The van der Waals surface area contributed by atoms with Crippen LogP contribution in [-0.2, 0) is 4.79 Å². The Morgan fingerprint density at radius 1 is 1.53 bits per heavy atom. The van der Waals surface area contributed by atoms with Gasteiger partial charge in [-0.25, -0.2) is 9.79 Å². The highest BCUT2D eigenvalue weighted by molar-refractivity contribution is 8.15. The molecule has 5 nitrogen and oxygen atoms in total. The van der Waals surface area contributed by atoms with Crippen molar-refractivity contribution >= 4 is 46.1 Å². The number of amides is 1. The van der Waals surface area contributed by atoms with Gasteiger partial charge in [-0.2, -0.15) is 0 Å². The van der Waals surface area contributed by atoms with Gasteiger partial charge in [-0.15, -0.1) is 0 Å². The number of carboxylic acid groups (broad SMARTS) is 1. The van der Waals surface area contributed by atoms with Crippen molar-refractivity contribution in [3.63, 3.8) is 0 Å². The molecule has 0 bridgehead atoms. The topological polar surface area (TPSA) is 78.8 Å². The van der Waals surface area contributed by atoms with Crippen LogP contribution in [0.15, 0.2) is 23.2 Å². The van der Waals surface area contributed by atoms with Gasteiger partial charge in [0.25, 0.3) is 0 Å². The number of carboxylic acids is 1. The van der Waals surface area contributed by atoms with E-state index in [0.29, 0.717) is 15.9 Å². The lowest BCUT2D eigenvalue weighted by atomic mass is 10.2. The first-order valence-electron chi connectivity index (χ1n) is 4.60. The van der Waals surface area contributed by atoms with Gasteiger partial charge >= 0.3 is 5.97 Å². The molecule has 1 heterocycles. The van der Waals surface area contributed by atoms with E-state index in [0.717, 1.165) is 0 Å². The van der Waals surface area contributed by atoms with Gasteiger partial charge in [0.1, 0.15) is 0 Å². The van der Waals surface area contributed by atoms with Gasteiger partial charge in [-0.1, -0.05) is 23.4 Å². The van der Waals surface area contributed by atoms with Crippen LogP contribution in [0, 0.1) is 0 Å². The highest BCUT2D eigenvalue weighted by Crippen LogP contribution is 2.25. The molecule has 0 radical (unpaired) electrons. The summed E-state index contributed by atoms with van der Waals surface area (Å²) in [5.41, 5.74) is 0.276. The fourth-order valence-corrected chi connectivity index (χ4v) is 2.13. The van der Waals surface area contributed by atoms with E-state index in [-0.39, 0.29) is 17.2 Å². The van der Waals surface area contributed by atoms with Crippen molar-refractivity contribution in [3.8, 4) is 0 Å². The quantitative estimate of drug-likeness (QED) is 0.860. The van der Waals surface area contributed by atoms with Gasteiger partial charge in [0.05, 0.1) is 17.0 Å². The zero-order valence-corrected chi connectivity index (χ0v) is 10.0. The summed E-state index contributed by atoms with van der Waals surface area (Å²) >= 11 is 6.95. The number of aliphatic imine (C=N–C) groups is 1. The number of nitrogens with zero attached hydrogens (tertiary/aromatic N) is 1. The number of hydrogen-bond donors (Lipinski definition) is 2. The number of amidine groups is 1. The molecule has 1 aliphatic heterocycles. The summed E-state index contributed by atoms with van der Waals surface area (Å²) in [6.07, 6.45) is 0. The molecule has 1 aliphatic rings. The Hall–Kier alpha value is -1.53. The van der Waals surface area contributed by atoms with Crippen molar-refractivity contribution in [3.05, 3.63) is 28.8 Å². The van der Waals surface area contributed by atoms with Gasteiger partial charge in [0.2, 0.25) is 5.91 Å². The summed E-state index contributed by atoms with van der Waals surface area (Å²) in [5.74, 6) is -0.949. The zero-order chi connectivity index (χ0) is 12.4. The molecule has 0 atom stereocenters. The van der Waals surface area contributed by atoms with E-state index in [1.165, 1.54) is 23.9 Å². The van der Waals surface area contributed by atoms with Gasteiger partial charge in [0, 0.05) is 5.02 Å². The van der Waals surface area contributed by atoms with Gasteiger partial charge < -0.3 is 10.4 Å². The van der Waals surface area contributed by atoms with Crippen LogP contribution in [0.25, 0.3) is 0 Å². The van der Waals surface area contributed by atoms with Crippen molar-refractivity contribution in [1.82, 2.24) is 5.32 Å². The molecule has 7 heteroatoms. The third kappa shape index (κ3) is 2.78. The molecule has 0 saturated carbocycles. The number of benzene rings is 1. The van der Waals surface area contributed by atoms with E-state index in [9.17, 15) is 9.59 Å². The maximum atomic E-state index is 11.0. The van der Waals surface area contributed by atoms with Crippen molar-refractivity contribution in [1.29, 1.82) is 0 Å². The Morgan fingerprint density at radius 2 is 2.29 bits per heavy atom. The minimum atomic E-state index is -1.11. The smallest absolute Gasteiger partial charge is 0.337 e. The number of rotatable bonds is 2. The van der Waals surface area contributed by atoms with E-state index in [2.05, 4.69) is 10.3 Å². The molecular weight excluding hydrogens is 264 g/mol. The Bertz CT molecular complexity index is 530. The number of halogens is 1. The molecule has 2 N–H and O–H groups in total. The molecule has 0 unspecified atom stereocenters. The van der Waals surface area contributed by atoms with Crippen LogP contribution in [0.1, 0.15) is 10.4 Å². The summed E-state index contributed by atoms with van der Waals surface area (Å²) in [6, 6.07) is 4.38. The zero-order valence-electron chi connectivity index (χ0n) is 8.44. The first kappa shape index (κ1) is 11.9. The Labute approximate surface area is 106 Å². The highest BCUT2D eigenvalue weighted by Gasteiger charge is 2.18. The maximum absolute atomic E-state index is 11.0. The van der Waals surface area contributed by atoms with Gasteiger partial charge in [-0.3, -0.25) is 4.79 Å². The SMILES string of the molecule is O=C1CSC(=Nc2ccc(Cl)cc2C(=O)O)N1. The number of aromatic carboxylic acids is 1. The average Bonchev–Trinajstić information content (AvgIpc) is 2.66. The lowest BCUT2D eigenvalue weighted by molar-refractivity contribution is -0.116. The number of carbonyl (C=O) groups is 2. The fourth-order valence-electron chi connectivity index (χ4n) is 1.27. The van der Waals surface area contributed by atoms with Gasteiger partial charge in [-0.05, 0) is 18.2 Å². The second-order valence-electron chi connectivity index (χ2n) is 3.22. The van der Waals surface area contributed by atoms with Crippen LogP contribution in [0.4, 0.5) is 5.69 Å². The highest BCUT2D eigenvalue weighted by atomic mass is 35.5. The van der Waals surface area contributed by atoms with Crippen LogP contribution in [0.3, 0.4) is 0 Å². The molecule has 2 rings (SSSR count). The summed E-state index contributed by atoms with van der Waals surface area (Å²) in [7, 11) is 0. The Morgan fingerprint density at radius 3 is 2.88 bits per heavy atom. The fraction of sp³-hybridized carbons (Fsp3) is 0.100. The third-order valence-electron chi connectivity index (χ3n) is 2.00. The molecule has 1 aromatic rings. The standard InChI is InChI=1S/C10H7ClN2O3S/c11-5-1-2-7(6(3-5)9(15)16)12-10-13-8(14)4-17-10/h1-3H,4H2,(H,15,16)(H,12,13,14). The third-order valence-corrected chi connectivity index (χ3v) is 3.11. The largest absolute Gasteiger partial charge is 0.478 e. The minimum Gasteiger partial charge on any atom is -0.478 e. The van der Waals surface area contributed by atoms with E-state index >= 15 is 0 Å². The maximum Gasteiger partial charge on any atom is 0.337 e. The van der Waals surface area contributed by atoms with Gasteiger partial charge in [0.15, 0.2) is 5.17 Å². The molecule has 1 fully saturated rings. The molecule has 1 aromatic carbocycles. The van der Waals surface area contributed by atoms with Crippen molar-refractivity contribution in [2.75, 3.05) is 5.75 Å². The molecule has 1 amide bonds. The predicted molar refractivity (Wildman–Crippen MR) is 66.1 cm³/mol. The molecule has 0 spiro atoms. The first-order valence-corrected chi connectivity index (χ1v) is 5.97. The van der Waals surface area contributed by atoms with E-state index < -0.39 is 5.97 Å². The van der Waals surface area contributed by atoms with E-state index in [1.807, 2.05) is 0 Å². The van der Waals surface area contributed by atoms with Crippen molar-refractivity contribution in [2.45, 2.75) is 0 Å². The average molecular weight is 271 g/mol. The second-order valence-corrected chi connectivity index (χ2v) is 4.62. The van der Waals surface area contributed by atoms with Crippen LogP contribution in [0.2, 0.25) is 5.02 Å². The summed E-state index contributed by atoms with van der Waals surface area (Å²) < 4.78 is 0. The molecule has 17 heavy (non-hydrogen) atoms. The van der Waals surface area contributed by atoms with Crippen molar-refractivity contribution in [2.24, 2.45) is 4.99 Å². The predicted octanol–water partition coefficient (Wildman–Crippen LogP) is 1.89. The molecule has 0 aliphatic carbocycles. The molecule has 88 valence electrons. The summed E-state index contributed by atoms with van der Waals surface area (Å²) in [5, 5.41) is 12.3. The summed E-state index contributed by atoms with van der Waals surface area (Å²) in [6.45, 7) is 0.